The number of methoxy groups -OCH3 is 1. The van der Waals surface area contributed by atoms with Crippen molar-refractivity contribution in [1.29, 1.82) is 0 Å². The van der Waals surface area contributed by atoms with Gasteiger partial charge in [0, 0.05) is 32.1 Å². The van der Waals surface area contributed by atoms with Gasteiger partial charge in [-0.1, -0.05) is 12.1 Å². The Morgan fingerprint density at radius 2 is 2.04 bits per heavy atom. The Morgan fingerprint density at radius 3 is 2.67 bits per heavy atom. The van der Waals surface area contributed by atoms with Crippen molar-refractivity contribution in [3.05, 3.63) is 29.8 Å². The van der Waals surface area contributed by atoms with Gasteiger partial charge < -0.3 is 20.3 Å². The third-order valence-electron chi connectivity index (χ3n) is 4.64. The second-order valence-electron chi connectivity index (χ2n) is 6.45. The average Bonchev–Trinajstić information content (AvgIpc) is 3.28. The molecule has 0 aromatic heterocycles. The van der Waals surface area contributed by atoms with Gasteiger partial charge in [-0.25, -0.2) is 0 Å². The van der Waals surface area contributed by atoms with Gasteiger partial charge in [-0.05, 0) is 37.0 Å². The number of nitrogens with one attached hydrogen (secondary N) is 2. The lowest BCUT2D eigenvalue weighted by Gasteiger charge is -2.21. The van der Waals surface area contributed by atoms with Crippen molar-refractivity contribution in [2.45, 2.75) is 31.2 Å². The van der Waals surface area contributed by atoms with Crippen molar-refractivity contribution in [2.75, 3.05) is 33.8 Å². The highest BCUT2D eigenvalue weighted by Gasteiger charge is 2.27. The van der Waals surface area contributed by atoms with Crippen molar-refractivity contribution >= 4 is 11.9 Å². The fourth-order valence-electron chi connectivity index (χ4n) is 3.10. The van der Waals surface area contributed by atoms with Crippen LogP contribution >= 0.6 is 0 Å². The number of rotatable bonds is 5. The summed E-state index contributed by atoms with van der Waals surface area (Å²) >= 11 is 0. The van der Waals surface area contributed by atoms with E-state index in [0.717, 1.165) is 44.1 Å². The fourth-order valence-corrected chi connectivity index (χ4v) is 3.10. The topological polar surface area (TPSA) is 66.0 Å². The normalized spacial score (nSPS) is 20.8. The van der Waals surface area contributed by atoms with Crippen molar-refractivity contribution in [3.8, 4) is 5.75 Å². The lowest BCUT2D eigenvalue weighted by atomic mass is 9.98. The molecule has 2 aliphatic rings. The third-order valence-corrected chi connectivity index (χ3v) is 4.64. The molecule has 1 amide bonds. The smallest absolute Gasteiger partial charge is 0.239 e. The molecule has 1 unspecified atom stereocenters. The Hall–Kier alpha value is -2.24. The van der Waals surface area contributed by atoms with Crippen LogP contribution in [0, 0.1) is 0 Å². The number of amides is 1. The van der Waals surface area contributed by atoms with Gasteiger partial charge in [0.2, 0.25) is 5.91 Å². The summed E-state index contributed by atoms with van der Waals surface area (Å²) in [5.41, 5.74) is 1.32. The van der Waals surface area contributed by atoms with Gasteiger partial charge in [0.15, 0.2) is 5.96 Å². The maximum absolute atomic E-state index is 11.8. The zero-order chi connectivity index (χ0) is 16.9. The molecule has 0 radical (unpaired) electrons. The summed E-state index contributed by atoms with van der Waals surface area (Å²) in [6.45, 7) is 2.14. The van der Waals surface area contributed by atoms with Crippen LogP contribution in [0.5, 0.6) is 5.75 Å². The SMILES string of the molecule is CN=C(NCC(=O)NC1CC1)N1CCC(c2ccc(OC)cc2)C1. The number of carbonyl (C=O) groups is 1. The summed E-state index contributed by atoms with van der Waals surface area (Å²) in [6.07, 6.45) is 3.30. The minimum atomic E-state index is 0.0459. The molecular formula is C18H26N4O2. The molecule has 1 aliphatic heterocycles. The van der Waals surface area contributed by atoms with Crippen LogP contribution in [-0.2, 0) is 4.79 Å². The molecule has 1 aromatic rings. The Balaban J connectivity index is 1.51. The van der Waals surface area contributed by atoms with Crippen LogP contribution in [0.25, 0.3) is 0 Å². The van der Waals surface area contributed by atoms with Crippen LogP contribution in [0.3, 0.4) is 0 Å². The molecule has 0 spiro atoms. The second kappa shape index (κ2) is 7.55. The molecular weight excluding hydrogens is 304 g/mol. The Morgan fingerprint density at radius 1 is 1.29 bits per heavy atom. The quantitative estimate of drug-likeness (QED) is 0.632. The van der Waals surface area contributed by atoms with Gasteiger partial charge in [0.25, 0.3) is 0 Å². The molecule has 1 aliphatic carbocycles. The Kier molecular flexibility index (Phi) is 5.23. The third kappa shape index (κ3) is 4.19. The van der Waals surface area contributed by atoms with E-state index in [1.807, 2.05) is 12.1 Å². The van der Waals surface area contributed by atoms with Gasteiger partial charge in [0.05, 0.1) is 13.7 Å². The van der Waals surface area contributed by atoms with E-state index in [9.17, 15) is 4.79 Å². The number of nitrogens with zero attached hydrogens (tertiary/aromatic N) is 2. The van der Waals surface area contributed by atoms with Gasteiger partial charge in [-0.15, -0.1) is 0 Å². The van der Waals surface area contributed by atoms with Crippen LogP contribution in [0.1, 0.15) is 30.7 Å². The number of guanidine groups is 1. The number of hydrogen-bond donors (Lipinski definition) is 2. The highest BCUT2D eigenvalue weighted by Crippen LogP contribution is 2.28. The van der Waals surface area contributed by atoms with Gasteiger partial charge in [0.1, 0.15) is 5.75 Å². The largest absolute Gasteiger partial charge is 0.497 e. The highest BCUT2D eigenvalue weighted by atomic mass is 16.5. The summed E-state index contributed by atoms with van der Waals surface area (Å²) in [7, 11) is 3.45. The lowest BCUT2D eigenvalue weighted by Crippen LogP contribution is -2.45. The first kappa shape index (κ1) is 16.6. The number of aliphatic imine (C=N–C) groups is 1. The van der Waals surface area contributed by atoms with E-state index >= 15 is 0 Å². The van der Waals surface area contributed by atoms with E-state index in [1.54, 1.807) is 14.2 Å². The predicted octanol–water partition coefficient (Wildman–Crippen LogP) is 1.34. The van der Waals surface area contributed by atoms with E-state index < -0.39 is 0 Å². The summed E-state index contributed by atoms with van der Waals surface area (Å²) in [6, 6.07) is 8.67. The number of benzene rings is 1. The predicted molar refractivity (Wildman–Crippen MR) is 94.5 cm³/mol. The Labute approximate surface area is 143 Å². The standard InChI is InChI=1S/C18H26N4O2/c1-19-18(20-11-17(23)21-15-5-6-15)22-10-9-14(12-22)13-3-7-16(24-2)8-4-13/h3-4,7-8,14-15H,5-6,9-12H2,1-2H3,(H,19,20)(H,21,23). The molecule has 0 bridgehead atoms. The van der Waals surface area contributed by atoms with Gasteiger partial charge in [-0.2, -0.15) is 0 Å². The van der Waals surface area contributed by atoms with E-state index in [2.05, 4.69) is 32.7 Å². The summed E-state index contributed by atoms with van der Waals surface area (Å²) in [4.78, 5) is 18.4. The maximum atomic E-state index is 11.8. The first-order valence-electron chi connectivity index (χ1n) is 8.58. The minimum Gasteiger partial charge on any atom is -0.497 e. The lowest BCUT2D eigenvalue weighted by molar-refractivity contribution is -0.120. The van der Waals surface area contributed by atoms with E-state index in [0.29, 0.717) is 12.0 Å². The van der Waals surface area contributed by atoms with Gasteiger partial charge >= 0.3 is 0 Å². The number of likely N-dealkylation sites (tertiary alicyclic amines) is 1. The molecule has 2 fully saturated rings. The molecule has 1 aromatic carbocycles. The molecule has 6 nitrogen and oxygen atoms in total. The second-order valence-corrected chi connectivity index (χ2v) is 6.45. The first-order valence-corrected chi connectivity index (χ1v) is 8.58. The molecule has 1 heterocycles. The van der Waals surface area contributed by atoms with Crippen LogP contribution in [0.15, 0.2) is 29.3 Å². The molecule has 1 atom stereocenters. The highest BCUT2D eigenvalue weighted by molar-refractivity contribution is 5.86. The fraction of sp³-hybridized carbons (Fsp3) is 0.556. The van der Waals surface area contributed by atoms with Crippen LogP contribution in [-0.4, -0.2) is 56.6 Å². The van der Waals surface area contributed by atoms with E-state index in [4.69, 9.17) is 4.74 Å². The number of carbonyl (C=O) groups excluding carboxylic acids is 1. The monoisotopic (exact) mass is 330 g/mol. The van der Waals surface area contributed by atoms with Crippen molar-refractivity contribution in [1.82, 2.24) is 15.5 Å². The summed E-state index contributed by atoms with van der Waals surface area (Å²) in [5, 5.41) is 6.16. The van der Waals surface area contributed by atoms with Crippen LogP contribution < -0.4 is 15.4 Å². The van der Waals surface area contributed by atoms with E-state index in [1.165, 1.54) is 5.56 Å². The van der Waals surface area contributed by atoms with Crippen molar-refractivity contribution in [2.24, 2.45) is 4.99 Å². The summed E-state index contributed by atoms with van der Waals surface area (Å²) in [5.74, 6) is 2.21. The van der Waals surface area contributed by atoms with Crippen LogP contribution in [0.2, 0.25) is 0 Å². The molecule has 6 heteroatoms. The molecule has 1 saturated heterocycles. The zero-order valence-corrected chi connectivity index (χ0v) is 14.4. The zero-order valence-electron chi connectivity index (χ0n) is 14.4. The van der Waals surface area contributed by atoms with Gasteiger partial charge in [-0.3, -0.25) is 9.79 Å². The van der Waals surface area contributed by atoms with Crippen molar-refractivity contribution in [3.63, 3.8) is 0 Å². The molecule has 1 saturated carbocycles. The number of ether oxygens (including phenoxy) is 1. The summed E-state index contributed by atoms with van der Waals surface area (Å²) < 4.78 is 5.22. The van der Waals surface area contributed by atoms with Crippen LogP contribution in [0.4, 0.5) is 0 Å². The van der Waals surface area contributed by atoms with Crippen molar-refractivity contribution < 1.29 is 9.53 Å². The first-order chi connectivity index (χ1) is 11.7. The Bertz CT molecular complexity index is 596. The maximum Gasteiger partial charge on any atom is 0.239 e. The van der Waals surface area contributed by atoms with E-state index in [-0.39, 0.29) is 12.5 Å². The minimum absolute atomic E-state index is 0.0459. The average molecular weight is 330 g/mol. The number of hydrogen-bond acceptors (Lipinski definition) is 3. The molecule has 3 rings (SSSR count). The molecule has 24 heavy (non-hydrogen) atoms. The molecule has 130 valence electrons. The molecule has 2 N–H and O–H groups in total.